The van der Waals surface area contributed by atoms with E-state index in [0.29, 0.717) is 6.61 Å². The first kappa shape index (κ1) is 13.0. The molecule has 1 aromatic rings. The summed E-state index contributed by atoms with van der Waals surface area (Å²) in [5.74, 6) is 0. The third-order valence-electron chi connectivity index (χ3n) is 2.47. The van der Waals surface area contributed by atoms with E-state index in [-0.39, 0.29) is 6.04 Å². The van der Waals surface area contributed by atoms with Gasteiger partial charge in [-0.1, -0.05) is 30.3 Å². The lowest BCUT2D eigenvalue weighted by Gasteiger charge is -2.23. The summed E-state index contributed by atoms with van der Waals surface area (Å²) in [6.45, 7) is 3.12. The van der Waals surface area contributed by atoms with Crippen molar-refractivity contribution in [1.82, 2.24) is 4.90 Å². The fourth-order valence-corrected chi connectivity index (χ4v) is 1.40. The van der Waals surface area contributed by atoms with Gasteiger partial charge in [0.1, 0.15) is 6.61 Å². The minimum absolute atomic E-state index is 0.142. The summed E-state index contributed by atoms with van der Waals surface area (Å²) < 4.78 is 4.75. The van der Waals surface area contributed by atoms with Crippen LogP contribution in [0, 0.1) is 0 Å². The van der Waals surface area contributed by atoms with Crippen LogP contribution >= 0.6 is 11.6 Å². The Morgan fingerprint density at radius 1 is 1.44 bits per heavy atom. The molecule has 0 aliphatic rings. The third-order valence-corrected chi connectivity index (χ3v) is 2.57. The number of hydrogen-bond acceptors (Lipinski definition) is 3. The van der Waals surface area contributed by atoms with Gasteiger partial charge in [-0.15, -0.1) is 0 Å². The van der Waals surface area contributed by atoms with Crippen molar-refractivity contribution in [3.05, 3.63) is 35.9 Å². The molecule has 1 atom stereocenters. The Bertz CT molecular complexity index is 329. The SMILES string of the molecule is CC(COC(=O)Cl)N(C)Cc1ccccc1. The molecule has 0 bridgehead atoms. The van der Waals surface area contributed by atoms with E-state index in [1.807, 2.05) is 32.2 Å². The van der Waals surface area contributed by atoms with E-state index < -0.39 is 5.43 Å². The van der Waals surface area contributed by atoms with Crippen molar-refractivity contribution in [2.75, 3.05) is 13.7 Å². The average Bonchev–Trinajstić information content (AvgIpc) is 2.27. The Kier molecular flexibility index (Phi) is 5.29. The average molecular weight is 242 g/mol. The van der Waals surface area contributed by atoms with Gasteiger partial charge in [-0.2, -0.15) is 0 Å². The quantitative estimate of drug-likeness (QED) is 0.743. The van der Waals surface area contributed by atoms with E-state index in [9.17, 15) is 4.79 Å². The summed E-state index contributed by atoms with van der Waals surface area (Å²) >= 11 is 5.11. The Morgan fingerprint density at radius 3 is 2.62 bits per heavy atom. The lowest BCUT2D eigenvalue weighted by molar-refractivity contribution is 0.123. The van der Waals surface area contributed by atoms with Crippen LogP contribution in [0.25, 0.3) is 0 Å². The van der Waals surface area contributed by atoms with E-state index in [1.165, 1.54) is 5.56 Å². The molecule has 1 rings (SSSR count). The highest BCUT2D eigenvalue weighted by molar-refractivity contribution is 6.61. The van der Waals surface area contributed by atoms with E-state index in [4.69, 9.17) is 16.3 Å². The number of rotatable bonds is 5. The summed E-state index contributed by atoms with van der Waals surface area (Å²) in [5.41, 5.74) is 0.481. The predicted octanol–water partition coefficient (Wildman–Crippen LogP) is 2.88. The van der Waals surface area contributed by atoms with E-state index in [2.05, 4.69) is 17.0 Å². The monoisotopic (exact) mass is 241 g/mol. The standard InChI is InChI=1S/C12H16ClNO2/c1-10(9-16-12(13)15)14(2)8-11-6-4-3-5-7-11/h3-7,10H,8-9H2,1-2H3. The molecule has 16 heavy (non-hydrogen) atoms. The molecule has 88 valence electrons. The van der Waals surface area contributed by atoms with Crippen molar-refractivity contribution in [3.63, 3.8) is 0 Å². The Labute approximate surface area is 101 Å². The maximum atomic E-state index is 10.5. The van der Waals surface area contributed by atoms with Gasteiger partial charge in [0.25, 0.3) is 0 Å². The molecule has 0 N–H and O–H groups in total. The molecule has 0 amide bonds. The van der Waals surface area contributed by atoms with Gasteiger partial charge in [0.2, 0.25) is 0 Å². The highest BCUT2D eigenvalue weighted by atomic mass is 35.5. The second kappa shape index (κ2) is 6.51. The Morgan fingerprint density at radius 2 is 2.06 bits per heavy atom. The maximum absolute atomic E-state index is 10.5. The van der Waals surface area contributed by atoms with Gasteiger partial charge in [-0.3, -0.25) is 4.90 Å². The second-order valence-electron chi connectivity index (χ2n) is 3.80. The second-order valence-corrected chi connectivity index (χ2v) is 4.11. The van der Waals surface area contributed by atoms with Crippen LogP contribution in [0.1, 0.15) is 12.5 Å². The molecule has 0 aromatic heterocycles. The normalized spacial score (nSPS) is 12.5. The number of nitrogens with zero attached hydrogens (tertiary/aromatic N) is 1. The molecular weight excluding hydrogens is 226 g/mol. The molecule has 0 fully saturated rings. The number of carbonyl (C=O) groups excluding carboxylic acids is 1. The number of hydrogen-bond donors (Lipinski definition) is 0. The first-order valence-corrected chi connectivity index (χ1v) is 5.54. The highest BCUT2D eigenvalue weighted by Gasteiger charge is 2.11. The largest absolute Gasteiger partial charge is 0.452 e. The third kappa shape index (κ3) is 4.64. The highest BCUT2D eigenvalue weighted by Crippen LogP contribution is 2.06. The molecule has 1 unspecified atom stereocenters. The van der Waals surface area contributed by atoms with Crippen molar-refractivity contribution in [2.45, 2.75) is 19.5 Å². The minimum atomic E-state index is -0.750. The molecular formula is C12H16ClNO2. The Hall–Kier alpha value is -1.06. The number of carbonyl (C=O) groups is 1. The minimum Gasteiger partial charge on any atom is -0.452 e. The zero-order valence-electron chi connectivity index (χ0n) is 9.52. The molecule has 0 radical (unpaired) electrons. The summed E-state index contributed by atoms with van der Waals surface area (Å²) in [6, 6.07) is 10.3. The molecule has 1 aromatic carbocycles. The number of likely N-dealkylation sites (N-methyl/N-ethyl adjacent to an activating group) is 1. The molecule has 0 saturated carbocycles. The van der Waals surface area contributed by atoms with Gasteiger partial charge in [0.15, 0.2) is 0 Å². The lowest BCUT2D eigenvalue weighted by atomic mass is 10.2. The van der Waals surface area contributed by atoms with Crippen molar-refractivity contribution >= 4 is 17.0 Å². The van der Waals surface area contributed by atoms with E-state index in [1.54, 1.807) is 0 Å². The van der Waals surface area contributed by atoms with Crippen LogP contribution in [0.15, 0.2) is 30.3 Å². The van der Waals surface area contributed by atoms with Gasteiger partial charge >= 0.3 is 5.43 Å². The summed E-state index contributed by atoms with van der Waals surface area (Å²) in [6.07, 6.45) is 0. The summed E-state index contributed by atoms with van der Waals surface area (Å²) in [4.78, 5) is 12.6. The molecule has 4 heteroatoms. The van der Waals surface area contributed by atoms with Crippen molar-refractivity contribution in [1.29, 1.82) is 0 Å². The molecule has 0 aliphatic heterocycles. The van der Waals surface area contributed by atoms with Crippen LogP contribution in [-0.2, 0) is 11.3 Å². The molecule has 0 aliphatic carbocycles. The molecule has 0 saturated heterocycles. The molecule has 3 nitrogen and oxygen atoms in total. The summed E-state index contributed by atoms with van der Waals surface area (Å²) in [5, 5.41) is 0. The van der Waals surface area contributed by atoms with Gasteiger partial charge in [-0.05, 0) is 19.5 Å². The van der Waals surface area contributed by atoms with Crippen molar-refractivity contribution in [3.8, 4) is 0 Å². The number of ether oxygens (including phenoxy) is 1. The van der Waals surface area contributed by atoms with Crippen molar-refractivity contribution < 1.29 is 9.53 Å². The zero-order chi connectivity index (χ0) is 12.0. The van der Waals surface area contributed by atoms with Gasteiger partial charge < -0.3 is 4.74 Å². The van der Waals surface area contributed by atoms with Crippen LogP contribution in [0.3, 0.4) is 0 Å². The van der Waals surface area contributed by atoms with Crippen LogP contribution in [0.5, 0.6) is 0 Å². The first-order chi connectivity index (χ1) is 7.59. The predicted molar refractivity (Wildman–Crippen MR) is 64.6 cm³/mol. The lowest BCUT2D eigenvalue weighted by Crippen LogP contribution is -2.32. The van der Waals surface area contributed by atoms with Gasteiger partial charge in [-0.25, -0.2) is 4.79 Å². The fourth-order valence-electron chi connectivity index (χ4n) is 1.34. The van der Waals surface area contributed by atoms with Gasteiger partial charge in [0, 0.05) is 24.2 Å². The topological polar surface area (TPSA) is 29.5 Å². The van der Waals surface area contributed by atoms with Crippen LogP contribution < -0.4 is 0 Å². The van der Waals surface area contributed by atoms with E-state index in [0.717, 1.165) is 6.54 Å². The van der Waals surface area contributed by atoms with E-state index >= 15 is 0 Å². The maximum Gasteiger partial charge on any atom is 0.403 e. The molecule has 0 heterocycles. The fraction of sp³-hybridized carbons (Fsp3) is 0.417. The number of benzene rings is 1. The zero-order valence-corrected chi connectivity index (χ0v) is 10.3. The van der Waals surface area contributed by atoms with Crippen LogP contribution in [0.4, 0.5) is 4.79 Å². The number of halogens is 1. The first-order valence-electron chi connectivity index (χ1n) is 5.16. The molecule has 0 spiro atoms. The summed E-state index contributed by atoms with van der Waals surface area (Å²) in [7, 11) is 1.99. The smallest absolute Gasteiger partial charge is 0.403 e. The van der Waals surface area contributed by atoms with Crippen molar-refractivity contribution in [2.24, 2.45) is 0 Å². The van der Waals surface area contributed by atoms with Crippen LogP contribution in [0.2, 0.25) is 0 Å². The van der Waals surface area contributed by atoms with Crippen LogP contribution in [-0.4, -0.2) is 30.0 Å². The van der Waals surface area contributed by atoms with Gasteiger partial charge in [0.05, 0.1) is 0 Å². The Balaban J connectivity index is 2.39.